The molecule has 2 aliphatic rings. The Labute approximate surface area is 280 Å². The van der Waals surface area contributed by atoms with E-state index in [0.29, 0.717) is 43.0 Å². The number of thiazole rings is 1. The number of allylic oxidation sites excluding steroid dienone is 2. The van der Waals surface area contributed by atoms with Crippen molar-refractivity contribution in [2.45, 2.75) is 90.2 Å². The number of carbonyl (C=O) groups excluding carboxylic acids is 2. The van der Waals surface area contributed by atoms with Crippen molar-refractivity contribution < 1.29 is 29.0 Å². The van der Waals surface area contributed by atoms with E-state index in [9.17, 15) is 19.5 Å². The Bertz CT molecular complexity index is 1660. The van der Waals surface area contributed by atoms with E-state index in [1.807, 2.05) is 43.5 Å². The first-order valence-corrected chi connectivity index (χ1v) is 17.4. The van der Waals surface area contributed by atoms with Crippen molar-refractivity contribution >= 4 is 40.0 Å². The summed E-state index contributed by atoms with van der Waals surface area (Å²) in [6, 6.07) is 5.69. The molecule has 2 fully saturated rings. The lowest BCUT2D eigenvalue weighted by molar-refractivity contribution is -0.145. The van der Waals surface area contributed by atoms with Gasteiger partial charge in [0, 0.05) is 36.0 Å². The largest absolute Gasteiger partial charge is 0.496 e. The summed E-state index contributed by atoms with van der Waals surface area (Å²) < 4.78 is 12.3. The monoisotopic (exact) mass is 662 g/mol. The first kappa shape index (κ1) is 34.3. The molecule has 47 heavy (non-hydrogen) atoms. The molecule has 5 rings (SSSR count). The van der Waals surface area contributed by atoms with E-state index in [4.69, 9.17) is 19.4 Å². The van der Waals surface area contributed by atoms with Crippen LogP contribution in [-0.4, -0.2) is 70.1 Å². The summed E-state index contributed by atoms with van der Waals surface area (Å²) in [6.07, 6.45) is 7.83. The van der Waals surface area contributed by atoms with Gasteiger partial charge in [-0.05, 0) is 76.8 Å². The number of nitrogens with one attached hydrogen (secondary N) is 1. The summed E-state index contributed by atoms with van der Waals surface area (Å²) >= 11 is 1.53. The van der Waals surface area contributed by atoms with Crippen LogP contribution in [0, 0.1) is 18.8 Å². The molecule has 2 saturated carbocycles. The molecular formula is C36H46N4O6S. The van der Waals surface area contributed by atoms with Gasteiger partial charge in [-0.3, -0.25) is 9.59 Å². The normalized spacial score (nSPS) is 20.1. The van der Waals surface area contributed by atoms with E-state index < -0.39 is 35.4 Å². The van der Waals surface area contributed by atoms with Crippen LogP contribution in [0.3, 0.4) is 0 Å². The van der Waals surface area contributed by atoms with E-state index >= 15 is 0 Å². The molecule has 0 spiro atoms. The van der Waals surface area contributed by atoms with Gasteiger partial charge in [-0.15, -0.1) is 11.3 Å². The number of hydrogen-bond donors (Lipinski definition) is 2. The number of aliphatic carboxylic acids is 1. The maximum atomic E-state index is 13.8. The average molecular weight is 663 g/mol. The molecule has 11 heteroatoms. The van der Waals surface area contributed by atoms with Crippen LogP contribution in [0.2, 0.25) is 0 Å². The first-order valence-electron chi connectivity index (χ1n) is 16.5. The van der Waals surface area contributed by atoms with Gasteiger partial charge in [-0.25, -0.2) is 14.8 Å². The maximum Gasteiger partial charge on any atom is 0.329 e. The van der Waals surface area contributed by atoms with Crippen LogP contribution < -0.4 is 14.8 Å². The smallest absolute Gasteiger partial charge is 0.329 e. The van der Waals surface area contributed by atoms with Gasteiger partial charge in [0.15, 0.2) is 0 Å². The van der Waals surface area contributed by atoms with Crippen molar-refractivity contribution in [1.29, 1.82) is 0 Å². The number of benzene rings is 1. The molecule has 252 valence electrons. The highest BCUT2D eigenvalue weighted by molar-refractivity contribution is 7.13. The number of nitrogens with zero attached hydrogens (tertiary/aromatic N) is 3. The highest BCUT2D eigenvalue weighted by Crippen LogP contribution is 2.42. The third kappa shape index (κ3) is 7.45. The Kier molecular flexibility index (Phi) is 10.5. The number of ether oxygens (including phenoxy) is 2. The van der Waals surface area contributed by atoms with Crippen molar-refractivity contribution in [3.8, 4) is 22.2 Å². The Morgan fingerprint density at radius 3 is 2.53 bits per heavy atom. The molecule has 0 bridgehead atoms. The van der Waals surface area contributed by atoms with Crippen LogP contribution in [0.1, 0.15) is 82.9 Å². The molecule has 0 saturated heterocycles. The van der Waals surface area contributed by atoms with E-state index in [1.165, 1.54) is 11.3 Å². The second-order valence-corrected chi connectivity index (χ2v) is 14.0. The Hall–Kier alpha value is -3.99. The summed E-state index contributed by atoms with van der Waals surface area (Å²) in [4.78, 5) is 50.9. The summed E-state index contributed by atoms with van der Waals surface area (Å²) in [5.41, 5.74) is 2.03. The van der Waals surface area contributed by atoms with E-state index in [-0.39, 0.29) is 18.2 Å². The SMILES string of the molecule is C/C=C\CCCCN(C)C(=O)[C@@H]1C[C@H](Oc2cc(-c3nc(C(C)C)cs3)nc3c(C)c(OC)ccc23)C[C@H]1C(=O)NC1(C(=O)O)CC1. The number of unbranched alkanes of at least 4 members (excludes halogenated alkanes) is 2. The minimum absolute atomic E-state index is 0.118. The predicted octanol–water partition coefficient (Wildman–Crippen LogP) is 6.51. The van der Waals surface area contributed by atoms with Crippen molar-refractivity contribution in [2.24, 2.45) is 11.8 Å². The third-order valence-corrected chi connectivity index (χ3v) is 10.3. The van der Waals surface area contributed by atoms with Crippen LogP contribution in [0.15, 0.2) is 35.7 Å². The fraction of sp³-hybridized carbons (Fsp3) is 0.528. The van der Waals surface area contributed by atoms with Gasteiger partial charge < -0.3 is 24.8 Å². The molecular weight excluding hydrogens is 616 g/mol. The van der Waals surface area contributed by atoms with E-state index in [1.54, 1.807) is 19.1 Å². The van der Waals surface area contributed by atoms with Crippen molar-refractivity contribution in [2.75, 3.05) is 20.7 Å². The number of hydrogen-bond acceptors (Lipinski definition) is 8. The summed E-state index contributed by atoms with van der Waals surface area (Å²) in [5, 5.41) is 16.1. The lowest BCUT2D eigenvalue weighted by Gasteiger charge is -2.25. The molecule has 2 aliphatic carbocycles. The fourth-order valence-electron chi connectivity index (χ4n) is 6.32. The molecule has 0 aliphatic heterocycles. The molecule has 10 nitrogen and oxygen atoms in total. The number of aromatic nitrogens is 2. The molecule has 0 unspecified atom stereocenters. The van der Waals surface area contributed by atoms with Crippen LogP contribution in [0.5, 0.6) is 11.5 Å². The van der Waals surface area contributed by atoms with E-state index in [0.717, 1.165) is 46.4 Å². The van der Waals surface area contributed by atoms with Gasteiger partial charge in [0.25, 0.3) is 0 Å². The van der Waals surface area contributed by atoms with Crippen LogP contribution >= 0.6 is 11.3 Å². The Morgan fingerprint density at radius 1 is 1.15 bits per heavy atom. The standard InChI is InChI=1S/C36H46N4O6S/c1-7-8-9-10-11-16-40(5)34(42)26-18-23(17-25(26)32(41)39-36(14-15-36)35(43)44)46-30-19-27(33-38-28(20-47-33)21(2)3)37-31-22(4)29(45-6)13-12-24(30)31/h7-8,12-13,19-21,23,25-26H,9-11,14-18H2,1-6H3,(H,39,41)(H,43,44)/b8-7-/t23-,25-,26-/m1/s1. The third-order valence-electron chi connectivity index (χ3n) is 9.41. The van der Waals surface area contributed by atoms with Gasteiger partial charge in [-0.1, -0.05) is 26.0 Å². The highest BCUT2D eigenvalue weighted by atomic mass is 32.1. The van der Waals surface area contributed by atoms with Crippen LogP contribution in [-0.2, 0) is 14.4 Å². The molecule has 0 radical (unpaired) electrons. The zero-order valence-corrected chi connectivity index (χ0v) is 29.0. The number of amides is 2. The molecule has 1 aromatic carbocycles. The number of aryl methyl sites for hydroxylation is 1. The maximum absolute atomic E-state index is 13.8. The molecule has 2 amide bonds. The van der Waals surface area contributed by atoms with Gasteiger partial charge in [-0.2, -0.15) is 0 Å². The second-order valence-electron chi connectivity index (χ2n) is 13.2. The Balaban J connectivity index is 1.45. The number of rotatable bonds is 14. The highest BCUT2D eigenvalue weighted by Gasteiger charge is 2.54. The van der Waals surface area contributed by atoms with Gasteiger partial charge >= 0.3 is 5.97 Å². The molecule has 3 aromatic rings. The van der Waals surface area contributed by atoms with E-state index in [2.05, 4.69) is 25.2 Å². The number of carbonyl (C=O) groups is 3. The second kappa shape index (κ2) is 14.4. The summed E-state index contributed by atoms with van der Waals surface area (Å²) in [5.74, 6) is -1.33. The number of methoxy groups -OCH3 is 1. The zero-order valence-electron chi connectivity index (χ0n) is 28.2. The Morgan fingerprint density at radius 2 is 1.89 bits per heavy atom. The number of fused-ring (bicyclic) bond motifs is 1. The van der Waals surface area contributed by atoms with Crippen LogP contribution in [0.25, 0.3) is 21.6 Å². The number of carboxylic acids is 1. The number of pyridine rings is 1. The van der Waals surface area contributed by atoms with Gasteiger partial charge in [0.05, 0.1) is 30.2 Å². The summed E-state index contributed by atoms with van der Waals surface area (Å²) in [7, 11) is 3.40. The topological polar surface area (TPSA) is 131 Å². The minimum Gasteiger partial charge on any atom is -0.496 e. The van der Waals surface area contributed by atoms with Gasteiger partial charge in [0.2, 0.25) is 11.8 Å². The van der Waals surface area contributed by atoms with Crippen molar-refractivity contribution in [1.82, 2.24) is 20.2 Å². The molecule has 2 aromatic heterocycles. The minimum atomic E-state index is -1.24. The van der Waals surface area contributed by atoms with Crippen molar-refractivity contribution in [3.63, 3.8) is 0 Å². The quantitative estimate of drug-likeness (QED) is 0.148. The molecule has 2 heterocycles. The predicted molar refractivity (Wildman–Crippen MR) is 183 cm³/mol. The molecule has 3 atom stereocenters. The lowest BCUT2D eigenvalue weighted by Crippen LogP contribution is -2.48. The first-order chi connectivity index (χ1) is 22.5. The lowest BCUT2D eigenvalue weighted by atomic mass is 9.93. The van der Waals surface area contributed by atoms with Crippen LogP contribution in [0.4, 0.5) is 0 Å². The fourth-order valence-corrected chi connectivity index (χ4v) is 7.26. The average Bonchev–Trinajstić information content (AvgIpc) is 3.45. The zero-order chi connectivity index (χ0) is 33.9. The van der Waals surface area contributed by atoms with Crippen molar-refractivity contribution in [3.05, 3.63) is 47.0 Å². The number of carboxylic acid groups (broad SMARTS) is 1. The molecule has 2 N–H and O–H groups in total. The van der Waals surface area contributed by atoms with Gasteiger partial charge in [0.1, 0.15) is 33.8 Å². The summed E-state index contributed by atoms with van der Waals surface area (Å²) in [6.45, 7) is 8.73.